The molecule has 1 aliphatic carbocycles. The minimum atomic E-state index is 0.387. The molecule has 0 spiro atoms. The van der Waals surface area contributed by atoms with Crippen LogP contribution in [0.15, 0.2) is 0 Å². The van der Waals surface area contributed by atoms with Gasteiger partial charge in [0.25, 0.3) is 0 Å². The van der Waals surface area contributed by atoms with Gasteiger partial charge in [-0.2, -0.15) is 0 Å². The summed E-state index contributed by atoms with van der Waals surface area (Å²) in [6.45, 7) is 0.939. The van der Waals surface area contributed by atoms with E-state index in [9.17, 15) is 0 Å². The van der Waals surface area contributed by atoms with E-state index in [1.807, 2.05) is 0 Å². The van der Waals surface area contributed by atoms with Crippen molar-refractivity contribution < 1.29 is 4.74 Å². The fourth-order valence-electron chi connectivity index (χ4n) is 1.50. The Kier molecular flexibility index (Phi) is 0.866. The van der Waals surface area contributed by atoms with Crippen LogP contribution in [0.3, 0.4) is 0 Å². The van der Waals surface area contributed by atoms with E-state index < -0.39 is 0 Å². The summed E-state index contributed by atoms with van der Waals surface area (Å²) in [5, 5.41) is 0. The maximum atomic E-state index is 5.65. The van der Waals surface area contributed by atoms with E-state index in [-0.39, 0.29) is 0 Å². The minimum Gasteiger partial charge on any atom is -0.376 e. The lowest BCUT2D eigenvalue weighted by atomic mass is 10.2. The van der Waals surface area contributed by atoms with Crippen molar-refractivity contribution in [3.05, 3.63) is 0 Å². The second kappa shape index (κ2) is 1.45. The van der Waals surface area contributed by atoms with Gasteiger partial charge in [-0.1, -0.05) is 0 Å². The number of ether oxygens (including phenoxy) is 1. The summed E-state index contributed by atoms with van der Waals surface area (Å²) in [7, 11) is 0. The van der Waals surface area contributed by atoms with Gasteiger partial charge in [0.15, 0.2) is 0 Å². The summed E-state index contributed by atoms with van der Waals surface area (Å²) in [5.41, 5.74) is 5.65. The summed E-state index contributed by atoms with van der Waals surface area (Å²) in [4.78, 5) is 0. The average molecular weight is 113 g/mol. The van der Waals surface area contributed by atoms with Crippen molar-refractivity contribution in [2.45, 2.75) is 25.0 Å². The Balaban J connectivity index is 1.97. The van der Waals surface area contributed by atoms with Crippen molar-refractivity contribution in [1.82, 2.24) is 0 Å². The molecule has 46 valence electrons. The zero-order valence-electron chi connectivity index (χ0n) is 4.84. The first-order valence-corrected chi connectivity index (χ1v) is 3.27. The minimum absolute atomic E-state index is 0.387. The third kappa shape index (κ3) is 0.501. The summed E-state index contributed by atoms with van der Waals surface area (Å²) in [6.07, 6.45) is 2.96. The van der Waals surface area contributed by atoms with Crippen LogP contribution in [0.4, 0.5) is 0 Å². The van der Waals surface area contributed by atoms with Crippen LogP contribution >= 0.6 is 0 Å². The van der Waals surface area contributed by atoms with Crippen LogP contribution in [-0.4, -0.2) is 18.8 Å². The molecule has 2 aliphatic rings. The Bertz CT molecular complexity index is 92.7. The Labute approximate surface area is 49.0 Å². The maximum absolute atomic E-state index is 5.65. The molecule has 2 fully saturated rings. The Morgan fingerprint density at radius 3 is 2.88 bits per heavy atom. The van der Waals surface area contributed by atoms with Crippen molar-refractivity contribution >= 4 is 0 Å². The van der Waals surface area contributed by atoms with Gasteiger partial charge in [-0.25, -0.2) is 0 Å². The molecule has 2 heteroatoms. The van der Waals surface area contributed by atoms with Crippen LogP contribution < -0.4 is 5.73 Å². The highest BCUT2D eigenvalue weighted by atomic mass is 16.5. The number of nitrogens with two attached hydrogens (primary N) is 1. The van der Waals surface area contributed by atoms with E-state index in [0.29, 0.717) is 12.1 Å². The van der Waals surface area contributed by atoms with Gasteiger partial charge < -0.3 is 10.5 Å². The third-order valence-electron chi connectivity index (χ3n) is 2.15. The molecule has 2 nitrogen and oxygen atoms in total. The second-order valence-corrected chi connectivity index (χ2v) is 2.72. The standard InChI is InChI=1S/C6H11NO/c7-5-4-2-1-3-8-6(4)5/h4-6H,1-3,7H2/t4-,5+,6-/m0/s1. The molecule has 0 aromatic rings. The number of rotatable bonds is 0. The molecule has 2 N–H and O–H groups in total. The van der Waals surface area contributed by atoms with Gasteiger partial charge in [-0.3, -0.25) is 0 Å². The van der Waals surface area contributed by atoms with Crippen molar-refractivity contribution in [3.63, 3.8) is 0 Å². The molecule has 0 amide bonds. The second-order valence-electron chi connectivity index (χ2n) is 2.72. The molecule has 2 rings (SSSR count). The zero-order chi connectivity index (χ0) is 5.56. The van der Waals surface area contributed by atoms with Crippen LogP contribution in [0.25, 0.3) is 0 Å². The molecule has 0 radical (unpaired) electrons. The molecular weight excluding hydrogens is 102 g/mol. The van der Waals surface area contributed by atoms with Gasteiger partial charge in [0, 0.05) is 18.6 Å². The van der Waals surface area contributed by atoms with Gasteiger partial charge in [-0.05, 0) is 12.8 Å². The number of hydrogen-bond acceptors (Lipinski definition) is 2. The zero-order valence-corrected chi connectivity index (χ0v) is 4.84. The Morgan fingerprint density at radius 1 is 1.50 bits per heavy atom. The molecule has 0 unspecified atom stereocenters. The van der Waals surface area contributed by atoms with Crippen LogP contribution in [0.2, 0.25) is 0 Å². The first kappa shape index (κ1) is 4.77. The average Bonchev–Trinajstić information content (AvgIpc) is 2.46. The molecule has 0 aromatic heterocycles. The quantitative estimate of drug-likeness (QED) is 0.484. The molecular formula is C6H11NO. The molecule has 8 heavy (non-hydrogen) atoms. The van der Waals surface area contributed by atoms with Crippen molar-refractivity contribution in [2.24, 2.45) is 11.7 Å². The molecule has 0 aromatic carbocycles. The predicted octanol–water partition coefficient (Wildman–Crippen LogP) is 0.122. The highest BCUT2D eigenvalue weighted by Crippen LogP contribution is 2.39. The van der Waals surface area contributed by atoms with Crippen molar-refractivity contribution in [1.29, 1.82) is 0 Å². The summed E-state index contributed by atoms with van der Waals surface area (Å²) in [6, 6.07) is 0.387. The van der Waals surface area contributed by atoms with E-state index in [1.54, 1.807) is 0 Å². The Morgan fingerprint density at radius 2 is 2.38 bits per heavy atom. The first-order valence-electron chi connectivity index (χ1n) is 3.27. The largest absolute Gasteiger partial charge is 0.376 e. The molecule has 1 aliphatic heterocycles. The molecule has 1 saturated heterocycles. The van der Waals surface area contributed by atoms with E-state index in [2.05, 4.69) is 0 Å². The van der Waals surface area contributed by atoms with Crippen molar-refractivity contribution in [3.8, 4) is 0 Å². The van der Waals surface area contributed by atoms with Gasteiger partial charge in [-0.15, -0.1) is 0 Å². The van der Waals surface area contributed by atoms with Crippen LogP contribution in [-0.2, 0) is 4.74 Å². The number of fused-ring (bicyclic) bond motifs is 1. The molecule has 1 saturated carbocycles. The highest BCUT2D eigenvalue weighted by molar-refractivity contribution is 5.04. The third-order valence-corrected chi connectivity index (χ3v) is 2.15. The lowest BCUT2D eigenvalue weighted by Crippen LogP contribution is -2.08. The topological polar surface area (TPSA) is 35.2 Å². The fourth-order valence-corrected chi connectivity index (χ4v) is 1.50. The first-order chi connectivity index (χ1) is 3.89. The SMILES string of the molecule is N[C@@H]1[C@@H]2CCCO[C@H]12. The van der Waals surface area contributed by atoms with Gasteiger partial charge >= 0.3 is 0 Å². The van der Waals surface area contributed by atoms with Gasteiger partial charge in [0.05, 0.1) is 6.10 Å². The number of hydrogen-bond donors (Lipinski definition) is 1. The fraction of sp³-hybridized carbons (Fsp3) is 1.00. The smallest absolute Gasteiger partial charge is 0.0773 e. The monoisotopic (exact) mass is 113 g/mol. The van der Waals surface area contributed by atoms with Crippen LogP contribution in [0.5, 0.6) is 0 Å². The van der Waals surface area contributed by atoms with Gasteiger partial charge in [0.1, 0.15) is 0 Å². The molecule has 3 atom stereocenters. The summed E-state index contributed by atoms with van der Waals surface area (Å²) >= 11 is 0. The maximum Gasteiger partial charge on any atom is 0.0773 e. The summed E-state index contributed by atoms with van der Waals surface area (Å²) < 4.78 is 5.34. The van der Waals surface area contributed by atoms with E-state index >= 15 is 0 Å². The van der Waals surface area contributed by atoms with Gasteiger partial charge in [0.2, 0.25) is 0 Å². The molecule has 0 bridgehead atoms. The summed E-state index contributed by atoms with van der Waals surface area (Å²) in [5.74, 6) is 0.726. The lowest BCUT2D eigenvalue weighted by Gasteiger charge is -2.06. The lowest BCUT2D eigenvalue weighted by molar-refractivity contribution is 0.0783. The van der Waals surface area contributed by atoms with E-state index in [1.165, 1.54) is 12.8 Å². The Hall–Kier alpha value is -0.0800. The highest BCUT2D eigenvalue weighted by Gasteiger charge is 2.49. The van der Waals surface area contributed by atoms with Crippen LogP contribution in [0.1, 0.15) is 12.8 Å². The van der Waals surface area contributed by atoms with Crippen LogP contribution in [0, 0.1) is 5.92 Å². The van der Waals surface area contributed by atoms with Crippen molar-refractivity contribution in [2.75, 3.05) is 6.61 Å². The van der Waals surface area contributed by atoms with E-state index in [0.717, 1.165) is 12.5 Å². The normalized spacial score (nSPS) is 52.9. The predicted molar refractivity (Wildman–Crippen MR) is 30.4 cm³/mol. The molecule has 1 heterocycles. The van der Waals surface area contributed by atoms with E-state index in [4.69, 9.17) is 10.5 Å².